The number of thiophene rings is 1. The quantitative estimate of drug-likeness (QED) is 0.880. The Morgan fingerprint density at radius 1 is 1.30 bits per heavy atom. The largest absolute Gasteiger partial charge is 0.360 e. The van der Waals surface area contributed by atoms with Crippen molar-refractivity contribution in [3.63, 3.8) is 0 Å². The number of carbonyl (C=O) groups excluding carboxylic acids is 1. The molecule has 2 heterocycles. The molecule has 1 aliphatic carbocycles. The summed E-state index contributed by atoms with van der Waals surface area (Å²) < 4.78 is 0. The predicted molar refractivity (Wildman–Crippen MR) is 95.0 cm³/mol. The van der Waals surface area contributed by atoms with Crippen molar-refractivity contribution in [3.8, 4) is 0 Å². The fourth-order valence-corrected chi connectivity index (χ4v) is 4.09. The second-order valence-corrected chi connectivity index (χ2v) is 7.28. The van der Waals surface area contributed by atoms with Gasteiger partial charge in [0, 0.05) is 10.9 Å². The Kier molecular flexibility index (Phi) is 5.10. The molecular formula is C17H24N4OS. The summed E-state index contributed by atoms with van der Waals surface area (Å²) in [6.45, 7) is 4.28. The molecule has 0 atom stereocenters. The van der Waals surface area contributed by atoms with Crippen molar-refractivity contribution in [1.82, 2.24) is 15.3 Å². The van der Waals surface area contributed by atoms with Gasteiger partial charge in [-0.3, -0.25) is 4.79 Å². The van der Waals surface area contributed by atoms with Crippen LogP contribution in [0.4, 0.5) is 5.82 Å². The molecule has 2 aromatic rings. The Hall–Kier alpha value is -1.69. The molecule has 0 aliphatic heterocycles. The van der Waals surface area contributed by atoms with E-state index in [9.17, 15) is 4.79 Å². The molecule has 6 heteroatoms. The number of anilines is 1. The lowest BCUT2D eigenvalue weighted by Gasteiger charge is -2.22. The summed E-state index contributed by atoms with van der Waals surface area (Å²) in [5.74, 6) is 1.55. The van der Waals surface area contributed by atoms with E-state index in [-0.39, 0.29) is 12.5 Å². The molecule has 5 nitrogen and oxygen atoms in total. The van der Waals surface area contributed by atoms with Gasteiger partial charge in [-0.25, -0.2) is 9.97 Å². The van der Waals surface area contributed by atoms with Crippen LogP contribution < -0.4 is 10.6 Å². The number of carbonyl (C=O) groups is 1. The average Bonchev–Trinajstić information content (AvgIpc) is 2.96. The van der Waals surface area contributed by atoms with Crippen molar-refractivity contribution in [2.24, 2.45) is 0 Å². The standard InChI is InChI=1S/C17H24N4OS/c1-3-13-9-14-16(19-11(2)20-17(14)23-13)18-10-15(22)21-12-7-5-4-6-8-12/h9,12H,3-8,10H2,1-2H3,(H,21,22)(H,18,19,20). The molecule has 0 aromatic carbocycles. The van der Waals surface area contributed by atoms with Crippen molar-refractivity contribution >= 4 is 33.3 Å². The third-order valence-corrected chi connectivity index (χ3v) is 5.46. The summed E-state index contributed by atoms with van der Waals surface area (Å²) in [6, 6.07) is 2.47. The Morgan fingerprint density at radius 2 is 2.09 bits per heavy atom. The molecule has 3 rings (SSSR count). The van der Waals surface area contributed by atoms with Gasteiger partial charge in [-0.15, -0.1) is 11.3 Å². The van der Waals surface area contributed by atoms with E-state index in [1.165, 1.54) is 24.1 Å². The molecule has 23 heavy (non-hydrogen) atoms. The monoisotopic (exact) mass is 332 g/mol. The number of rotatable bonds is 5. The van der Waals surface area contributed by atoms with Crippen molar-refractivity contribution in [2.45, 2.75) is 58.4 Å². The van der Waals surface area contributed by atoms with E-state index in [1.807, 2.05) is 6.92 Å². The van der Waals surface area contributed by atoms with Gasteiger partial charge in [0.15, 0.2) is 0 Å². The van der Waals surface area contributed by atoms with Gasteiger partial charge in [0.05, 0.1) is 11.9 Å². The number of fused-ring (bicyclic) bond motifs is 1. The number of hydrogen-bond acceptors (Lipinski definition) is 5. The highest BCUT2D eigenvalue weighted by Gasteiger charge is 2.16. The molecule has 1 aliphatic rings. The van der Waals surface area contributed by atoms with Gasteiger partial charge < -0.3 is 10.6 Å². The fraction of sp³-hybridized carbons (Fsp3) is 0.588. The fourth-order valence-electron chi connectivity index (χ4n) is 3.08. The van der Waals surface area contributed by atoms with Crippen LogP contribution in [0.5, 0.6) is 0 Å². The smallest absolute Gasteiger partial charge is 0.239 e. The molecule has 0 saturated heterocycles. The zero-order valence-electron chi connectivity index (χ0n) is 13.8. The van der Waals surface area contributed by atoms with E-state index in [0.29, 0.717) is 6.04 Å². The van der Waals surface area contributed by atoms with E-state index in [0.717, 1.165) is 41.1 Å². The van der Waals surface area contributed by atoms with Gasteiger partial charge in [0.2, 0.25) is 5.91 Å². The van der Waals surface area contributed by atoms with E-state index < -0.39 is 0 Å². The normalized spacial score (nSPS) is 15.7. The Balaban J connectivity index is 1.66. The van der Waals surface area contributed by atoms with Gasteiger partial charge in [0.25, 0.3) is 0 Å². The van der Waals surface area contributed by atoms with Crippen LogP contribution in [0.1, 0.15) is 49.7 Å². The van der Waals surface area contributed by atoms with E-state index in [1.54, 1.807) is 11.3 Å². The van der Waals surface area contributed by atoms with Gasteiger partial charge in [-0.1, -0.05) is 26.2 Å². The second kappa shape index (κ2) is 7.25. The summed E-state index contributed by atoms with van der Waals surface area (Å²) in [5, 5.41) is 7.34. The Labute approximate surface area is 140 Å². The Morgan fingerprint density at radius 3 is 2.83 bits per heavy atom. The number of amides is 1. The number of aromatic nitrogens is 2. The molecule has 1 saturated carbocycles. The molecule has 0 unspecified atom stereocenters. The summed E-state index contributed by atoms with van der Waals surface area (Å²) in [7, 11) is 0. The summed E-state index contributed by atoms with van der Waals surface area (Å²) in [6.07, 6.45) is 6.93. The minimum atomic E-state index is 0.0484. The average molecular weight is 332 g/mol. The Bertz CT molecular complexity index is 691. The molecule has 0 radical (unpaired) electrons. The zero-order chi connectivity index (χ0) is 16.2. The topological polar surface area (TPSA) is 66.9 Å². The first-order valence-corrected chi connectivity index (χ1v) is 9.27. The molecule has 0 bridgehead atoms. The lowest BCUT2D eigenvalue weighted by molar-refractivity contribution is -0.120. The number of hydrogen-bond donors (Lipinski definition) is 2. The van der Waals surface area contributed by atoms with Crippen molar-refractivity contribution in [3.05, 3.63) is 16.8 Å². The maximum Gasteiger partial charge on any atom is 0.239 e. The van der Waals surface area contributed by atoms with Gasteiger partial charge in [0.1, 0.15) is 16.5 Å². The lowest BCUT2D eigenvalue weighted by Crippen LogP contribution is -2.39. The second-order valence-electron chi connectivity index (χ2n) is 6.16. The van der Waals surface area contributed by atoms with Crippen LogP contribution >= 0.6 is 11.3 Å². The van der Waals surface area contributed by atoms with Crippen molar-refractivity contribution in [1.29, 1.82) is 0 Å². The minimum absolute atomic E-state index is 0.0484. The first-order chi connectivity index (χ1) is 11.2. The summed E-state index contributed by atoms with van der Waals surface area (Å²) in [4.78, 5) is 23.4. The van der Waals surface area contributed by atoms with Crippen LogP contribution in [0.25, 0.3) is 10.2 Å². The third kappa shape index (κ3) is 3.99. The SMILES string of the molecule is CCc1cc2c(NCC(=O)NC3CCCCC3)nc(C)nc2s1. The van der Waals surface area contributed by atoms with Gasteiger partial charge in [-0.05, 0) is 32.3 Å². The maximum atomic E-state index is 12.2. The highest BCUT2D eigenvalue weighted by atomic mass is 32.1. The van der Waals surface area contributed by atoms with Crippen LogP contribution in [-0.2, 0) is 11.2 Å². The first kappa shape index (κ1) is 16.2. The molecule has 124 valence electrons. The molecule has 2 aromatic heterocycles. The predicted octanol–water partition coefficient (Wildman–Crippen LogP) is 3.42. The zero-order valence-corrected chi connectivity index (χ0v) is 14.6. The number of nitrogens with one attached hydrogen (secondary N) is 2. The van der Waals surface area contributed by atoms with E-state index >= 15 is 0 Å². The van der Waals surface area contributed by atoms with Crippen LogP contribution in [0.15, 0.2) is 6.07 Å². The number of aryl methyl sites for hydroxylation is 2. The molecule has 1 amide bonds. The summed E-state index contributed by atoms with van der Waals surface area (Å²) in [5.41, 5.74) is 0. The molecular weight excluding hydrogens is 308 g/mol. The highest BCUT2D eigenvalue weighted by molar-refractivity contribution is 7.18. The van der Waals surface area contributed by atoms with Crippen LogP contribution in [0.2, 0.25) is 0 Å². The first-order valence-electron chi connectivity index (χ1n) is 8.46. The molecule has 2 N–H and O–H groups in total. The summed E-state index contributed by atoms with van der Waals surface area (Å²) >= 11 is 1.70. The van der Waals surface area contributed by atoms with Gasteiger partial charge in [-0.2, -0.15) is 0 Å². The molecule has 1 fully saturated rings. The van der Waals surface area contributed by atoms with Crippen molar-refractivity contribution in [2.75, 3.05) is 11.9 Å². The van der Waals surface area contributed by atoms with Crippen LogP contribution in [0, 0.1) is 6.92 Å². The molecule has 0 spiro atoms. The highest BCUT2D eigenvalue weighted by Crippen LogP contribution is 2.29. The van der Waals surface area contributed by atoms with Crippen LogP contribution in [-0.4, -0.2) is 28.5 Å². The maximum absolute atomic E-state index is 12.2. The number of nitrogens with zero attached hydrogens (tertiary/aromatic N) is 2. The van der Waals surface area contributed by atoms with Crippen LogP contribution in [0.3, 0.4) is 0 Å². The lowest BCUT2D eigenvalue weighted by atomic mass is 9.95. The van der Waals surface area contributed by atoms with E-state index in [4.69, 9.17) is 0 Å². The van der Waals surface area contributed by atoms with Crippen molar-refractivity contribution < 1.29 is 4.79 Å². The third-order valence-electron chi connectivity index (χ3n) is 4.29. The minimum Gasteiger partial charge on any atom is -0.360 e. The van der Waals surface area contributed by atoms with Gasteiger partial charge >= 0.3 is 0 Å². The van der Waals surface area contributed by atoms with E-state index in [2.05, 4.69) is 33.6 Å².